The quantitative estimate of drug-likeness (QED) is 0.0206. The highest BCUT2D eigenvalue weighted by Crippen LogP contribution is 2.36. The number of aliphatic hydroxyl groups excluding tert-OH is 6. The summed E-state index contributed by atoms with van der Waals surface area (Å²) < 4.78 is 428. The number of ether oxygens (including phenoxy) is 18. The zero-order valence-corrected chi connectivity index (χ0v) is 86.6. The molecule has 0 radical (unpaired) electrons. The Morgan fingerprint density at radius 3 is 0.547 bits per heavy atom. The van der Waals surface area contributed by atoms with Crippen LogP contribution in [-0.4, -0.2) is 192 Å². The maximum atomic E-state index is 10.4. The second kappa shape index (κ2) is 72.3. The zero-order valence-electron chi connectivity index (χ0n) is 130. The van der Waals surface area contributed by atoms with Gasteiger partial charge in [0.1, 0.15) is 73.9 Å². The molecule has 6 atom stereocenters. The molecule has 6 unspecified atom stereocenters. The molecular formula is C126H168O24. The van der Waals surface area contributed by atoms with Crippen LogP contribution in [0.25, 0.3) is 0 Å². The molecule has 24 heteroatoms. The fourth-order valence-electron chi connectivity index (χ4n) is 13.7. The van der Waals surface area contributed by atoms with E-state index in [2.05, 4.69) is 0 Å². The Hall–Kier alpha value is -13.2. The normalized spacial score (nSPS) is 17.8. The molecule has 0 bridgehead atoms. The monoisotopic (exact) mass is 2110 g/mol. The molecule has 12 rings (SSSR count). The summed E-state index contributed by atoms with van der Waals surface area (Å²) in [6.45, 7) is -5.22. The zero-order chi connectivity index (χ0) is 146. The summed E-state index contributed by atoms with van der Waals surface area (Å²) in [7, 11) is -3.62. The highest BCUT2D eigenvalue weighted by Gasteiger charge is 2.18. The lowest BCUT2D eigenvalue weighted by atomic mass is 10.0. The van der Waals surface area contributed by atoms with Crippen LogP contribution < -0.4 is 85.3 Å². The minimum atomic E-state index is -2.85. The molecule has 0 aliphatic rings. The van der Waals surface area contributed by atoms with E-state index in [1.54, 1.807) is 175 Å². The third kappa shape index (κ3) is 49.5. The van der Waals surface area contributed by atoms with Gasteiger partial charge in [-0.2, -0.15) is 0 Å². The van der Waals surface area contributed by atoms with Crippen molar-refractivity contribution >= 4 is 0 Å². The lowest BCUT2D eigenvalue weighted by molar-refractivity contribution is 0.0976. The van der Waals surface area contributed by atoms with E-state index in [4.69, 9.17) is 144 Å². The first kappa shape index (κ1) is 73.1. The fourth-order valence-corrected chi connectivity index (χ4v) is 13.7. The Morgan fingerprint density at radius 2 is 0.360 bits per heavy atom. The fraction of sp³-hybridized carbons (Fsp3) is 0.429. The Balaban J connectivity index is 0.000000308. The smallest absolute Gasteiger partial charge is 0.160 e. The van der Waals surface area contributed by atoms with E-state index in [0.717, 1.165) is 50.6 Å². The Bertz CT molecular complexity index is 7770. The second-order valence-corrected chi connectivity index (χ2v) is 33.0. The van der Waals surface area contributed by atoms with Crippen LogP contribution in [0.5, 0.6) is 103 Å². The lowest BCUT2D eigenvalue weighted by Crippen LogP contribution is -2.17. The van der Waals surface area contributed by atoms with E-state index < -0.39 is 181 Å². The van der Waals surface area contributed by atoms with E-state index >= 15 is 0 Å². The van der Waals surface area contributed by atoms with Crippen LogP contribution in [0, 0.1) is 41.5 Å². The number of aryl methyl sites for hydroxylation is 12. The summed E-state index contributed by atoms with van der Waals surface area (Å²) in [5, 5.41) is 62.5. The van der Waals surface area contributed by atoms with Crippen LogP contribution >= 0.6 is 0 Å². The van der Waals surface area contributed by atoms with Crippen LogP contribution in [-0.2, 0) is 38.4 Å². The van der Waals surface area contributed by atoms with Gasteiger partial charge in [-0.05, 0) is 369 Å². The van der Waals surface area contributed by atoms with Crippen molar-refractivity contribution < 1.29 is 175 Å². The molecule has 0 aromatic heterocycles. The average molecular weight is 2110 g/mol. The van der Waals surface area contributed by atoms with Gasteiger partial charge in [-0.1, -0.05) is 148 Å². The minimum absolute atomic E-state index is 0.0110. The van der Waals surface area contributed by atoms with Crippen molar-refractivity contribution in [2.75, 3.05) is 124 Å². The number of hydrogen-bond donors (Lipinski definition) is 6. The number of aliphatic hydroxyl groups is 6. The molecule has 0 saturated heterocycles. The largest absolute Gasteiger partial charge is 0.493 e. The topological polar surface area (TPSA) is 288 Å². The molecule has 0 fully saturated rings. The van der Waals surface area contributed by atoms with Gasteiger partial charge < -0.3 is 116 Å². The predicted molar refractivity (Wildman–Crippen MR) is 599 cm³/mol. The summed E-state index contributed by atoms with van der Waals surface area (Å²) in [5.74, 6) is 3.02. The molecule has 816 valence electrons. The number of rotatable bonds is 60. The van der Waals surface area contributed by atoms with Crippen molar-refractivity contribution in [3.8, 4) is 103 Å². The van der Waals surface area contributed by atoms with Crippen molar-refractivity contribution in [2.24, 2.45) is 0 Å². The van der Waals surface area contributed by atoms with Gasteiger partial charge in [0.2, 0.25) is 0 Å². The van der Waals surface area contributed by atoms with Crippen LogP contribution in [0.2, 0.25) is 0 Å². The van der Waals surface area contributed by atoms with Gasteiger partial charge in [-0.15, -0.1) is 0 Å². The third-order valence-corrected chi connectivity index (χ3v) is 21.2. The molecule has 0 aliphatic carbocycles. The molecule has 12 aromatic rings. The van der Waals surface area contributed by atoms with Crippen LogP contribution in [0.15, 0.2) is 255 Å². The van der Waals surface area contributed by atoms with Crippen LogP contribution in [0.3, 0.4) is 0 Å². The summed E-state index contributed by atoms with van der Waals surface area (Å²) in [4.78, 5) is 0. The highest BCUT2D eigenvalue weighted by molar-refractivity contribution is 5.48. The Kier molecular flexibility index (Phi) is 35.2. The SMILES string of the molecule is [2H]C([2H])(CCC([2H])([2H])C(O)C([2H])([2H])Oc1cccc(C)c1)c1ccc(OC)c(OC)c1.[2H]C([2H])(CCCc1ccc(OC)c(OC)c1)C(O)C([2H])([2H])Oc1cccc(C)c1.[2H]C([2H])([2H])Oc1cc(C([2H])([2H])CCC([2H])([2H])C(O)C([2H])([2H])Oc2cccc(C)c2)ccc1OC.[2H]C([2H])([2H])Oc1cc(CCCC([2H])([2H])C(O)C([2H])([2H])Oc2cccc(C)c2)ccc1OC.[2H]C([2H])([2H])Oc1ccc(CCCC([2H])([2H])C(O)C([2H])([2H])Oc2cccc(C)c2)cc1OC.[2H]C([2H])([2H])Oc1ccc(CCCC([2H])([2H])C(O)C([2H])([2H])Oc2cccc(C)c2)cc1OC([2H])([2H])[2H]. The summed E-state index contributed by atoms with van der Waals surface area (Å²) >= 11 is 0. The third-order valence-electron chi connectivity index (χ3n) is 21.2. The minimum Gasteiger partial charge on any atom is -0.493 e. The van der Waals surface area contributed by atoms with Gasteiger partial charge in [-0.25, -0.2) is 0 Å². The molecule has 150 heavy (non-hydrogen) atoms. The second-order valence-electron chi connectivity index (χ2n) is 33.0. The van der Waals surface area contributed by atoms with Crippen molar-refractivity contribution in [2.45, 2.75) is 232 Å². The van der Waals surface area contributed by atoms with Crippen molar-refractivity contribution in [1.82, 2.24) is 0 Å². The van der Waals surface area contributed by atoms with E-state index in [1.165, 1.54) is 114 Å². The standard InChI is InChI=1S/6C21H28O4/c6*1-16-7-6-10-19(13-16)25-15-18(22)9-5-4-8-17-11-12-20(23-2)21(14-17)24-3/h6*6-7,10-14,18,22H,4-5,8-9,15H2,1-3H3/i3D3,8D2,9D2,15D2;2D3,3D3,9D2,15D2;8D2,9D2,15D2;3D3,9D2,15D2;2D3,9D2,15D2;9D2,15D2. The van der Waals surface area contributed by atoms with Crippen LogP contribution in [0.1, 0.15) is 241 Å². The predicted octanol–water partition coefficient (Wildman–Crippen LogP) is 25.0. The average Bonchev–Trinajstić information content (AvgIpc) is 0.773. The van der Waals surface area contributed by atoms with Crippen molar-refractivity contribution in [3.63, 3.8) is 0 Å². The lowest BCUT2D eigenvalue weighted by Gasteiger charge is -2.13. The molecule has 0 aliphatic heterocycles. The van der Waals surface area contributed by atoms with Crippen LogP contribution in [0.4, 0.5) is 0 Å². The first-order valence-corrected chi connectivity index (χ1v) is 47.9. The van der Waals surface area contributed by atoms with Crippen molar-refractivity contribution in [3.05, 3.63) is 322 Å². The summed E-state index contributed by atoms with van der Waals surface area (Å²) in [5.41, 5.74) is 8.16. The van der Waals surface area contributed by atoms with Gasteiger partial charge in [0, 0.05) is 21.9 Å². The van der Waals surface area contributed by atoms with E-state index in [1.807, 2.05) is 51.1 Å². The van der Waals surface area contributed by atoms with Crippen molar-refractivity contribution in [1.29, 1.82) is 0 Å². The van der Waals surface area contributed by atoms with E-state index in [0.29, 0.717) is 66.2 Å². The molecule has 24 nitrogen and oxygen atoms in total. The highest BCUT2D eigenvalue weighted by atomic mass is 16.5. The van der Waals surface area contributed by atoms with Gasteiger partial charge >= 0.3 is 0 Å². The van der Waals surface area contributed by atoms with Gasteiger partial charge in [0.25, 0.3) is 0 Å². The maximum absolute atomic E-state index is 10.4. The summed E-state index contributed by atoms with van der Waals surface area (Å²) in [6.07, 6.45) is -30.2. The molecule has 0 amide bonds. The number of hydrogen-bond acceptors (Lipinski definition) is 24. The number of methoxy groups -OCH3 is 12. The number of benzene rings is 12. The maximum Gasteiger partial charge on any atom is 0.160 e. The van der Waals surface area contributed by atoms with Gasteiger partial charge in [-0.3, -0.25) is 0 Å². The molecular weight excluding hydrogens is 1900 g/mol. The summed E-state index contributed by atoms with van der Waals surface area (Å²) in [6, 6.07) is 67.0. The molecule has 0 saturated carbocycles. The molecule has 12 aromatic carbocycles. The van der Waals surface area contributed by atoms with Gasteiger partial charge in [0.15, 0.2) is 69.0 Å². The van der Waals surface area contributed by atoms with E-state index in [9.17, 15) is 30.6 Å². The van der Waals surface area contributed by atoms with E-state index in [-0.39, 0.29) is 143 Å². The van der Waals surface area contributed by atoms with Gasteiger partial charge in [0.05, 0.1) is 159 Å². The first-order valence-electron chi connectivity index (χ1n) is 69.4. The molecule has 0 heterocycles. The molecule has 0 spiro atoms. The Labute approximate surface area is 953 Å². The Morgan fingerprint density at radius 1 is 0.193 bits per heavy atom. The molecule has 6 N–H and O–H groups in total. The first-order chi connectivity index (χ1) is 88.7.